The fourth-order valence-electron chi connectivity index (χ4n) is 2.98. The Kier molecular flexibility index (Phi) is 8.91. The number of benzene rings is 2. The van der Waals surface area contributed by atoms with E-state index in [2.05, 4.69) is 5.32 Å². The average Bonchev–Trinajstić information content (AvgIpc) is 2.80. The van der Waals surface area contributed by atoms with Crippen LogP contribution in [0, 0.1) is 5.41 Å². The highest BCUT2D eigenvalue weighted by atomic mass is 16.3. The van der Waals surface area contributed by atoms with Crippen molar-refractivity contribution < 1.29 is 19.5 Å². The van der Waals surface area contributed by atoms with Crippen molar-refractivity contribution in [1.82, 2.24) is 4.90 Å². The first-order chi connectivity index (χ1) is 15.3. The summed E-state index contributed by atoms with van der Waals surface area (Å²) in [5, 5.41) is 19.5. The molecule has 2 aromatic rings. The van der Waals surface area contributed by atoms with Crippen LogP contribution >= 0.6 is 0 Å². The van der Waals surface area contributed by atoms with E-state index in [-0.39, 0.29) is 49.6 Å². The zero-order valence-electron chi connectivity index (χ0n) is 18.3. The van der Waals surface area contributed by atoms with Gasteiger partial charge in [-0.15, -0.1) is 0 Å². The summed E-state index contributed by atoms with van der Waals surface area (Å²) < 4.78 is 0. The Morgan fingerprint density at radius 1 is 1.06 bits per heavy atom. The van der Waals surface area contributed by atoms with Gasteiger partial charge in [-0.1, -0.05) is 6.07 Å². The second kappa shape index (κ2) is 11.6. The molecule has 0 spiro atoms. The molecule has 0 bridgehead atoms. The predicted molar refractivity (Wildman–Crippen MR) is 124 cm³/mol. The molecule has 0 aliphatic heterocycles. The second-order valence-electron chi connectivity index (χ2n) is 7.18. The molecule has 0 heterocycles. The number of nitrogens with one attached hydrogen (secondary N) is 2. The number of anilines is 2. The summed E-state index contributed by atoms with van der Waals surface area (Å²) in [6.45, 7) is 2.21. The summed E-state index contributed by atoms with van der Waals surface area (Å²) in [6.07, 6.45) is -0.114. The molecule has 0 aliphatic carbocycles. The SMILES string of the molecule is CCN(C)C(=O)c1cccc(N(CCO)C(=O)CCC(=O)Nc2ccc(C(=N)N)cc2)c1. The Hall–Kier alpha value is -3.72. The third kappa shape index (κ3) is 6.64. The predicted octanol–water partition coefficient (Wildman–Crippen LogP) is 1.81. The maximum atomic E-state index is 12.8. The van der Waals surface area contributed by atoms with E-state index >= 15 is 0 Å². The van der Waals surface area contributed by atoms with E-state index in [9.17, 15) is 19.5 Å². The maximum absolute atomic E-state index is 12.8. The van der Waals surface area contributed by atoms with Gasteiger partial charge in [-0.25, -0.2) is 0 Å². The number of amides is 3. The number of aliphatic hydroxyl groups excluding tert-OH is 1. The largest absolute Gasteiger partial charge is 0.395 e. The Morgan fingerprint density at radius 2 is 1.75 bits per heavy atom. The number of carbonyl (C=O) groups is 3. The van der Waals surface area contributed by atoms with E-state index in [0.29, 0.717) is 29.0 Å². The number of amidine groups is 1. The number of nitrogens with zero attached hydrogens (tertiary/aromatic N) is 2. The van der Waals surface area contributed by atoms with Crippen LogP contribution < -0.4 is 16.0 Å². The van der Waals surface area contributed by atoms with Gasteiger partial charge in [0, 0.05) is 55.5 Å². The summed E-state index contributed by atoms with van der Waals surface area (Å²) in [6, 6.07) is 13.2. The van der Waals surface area contributed by atoms with E-state index in [1.807, 2.05) is 6.92 Å². The van der Waals surface area contributed by atoms with Crippen LogP contribution in [0.3, 0.4) is 0 Å². The van der Waals surface area contributed by atoms with Crippen LogP contribution in [-0.2, 0) is 9.59 Å². The first-order valence-electron chi connectivity index (χ1n) is 10.3. The number of hydrogen-bond donors (Lipinski definition) is 4. The molecule has 32 heavy (non-hydrogen) atoms. The van der Waals surface area contributed by atoms with Gasteiger partial charge >= 0.3 is 0 Å². The monoisotopic (exact) mass is 439 g/mol. The molecule has 0 atom stereocenters. The molecule has 0 unspecified atom stereocenters. The van der Waals surface area contributed by atoms with Gasteiger partial charge in [-0.3, -0.25) is 19.8 Å². The fraction of sp³-hybridized carbons (Fsp3) is 0.304. The number of nitrogen functional groups attached to an aromatic ring is 1. The maximum Gasteiger partial charge on any atom is 0.253 e. The lowest BCUT2D eigenvalue weighted by Crippen LogP contribution is -2.34. The molecule has 0 aromatic heterocycles. The number of aliphatic hydroxyl groups is 1. The number of nitrogens with two attached hydrogens (primary N) is 1. The van der Waals surface area contributed by atoms with Gasteiger partial charge in [0.05, 0.1) is 6.61 Å². The van der Waals surface area contributed by atoms with Crippen molar-refractivity contribution >= 4 is 34.9 Å². The Bertz CT molecular complexity index is 975. The molecule has 0 fully saturated rings. The minimum Gasteiger partial charge on any atom is -0.395 e. The minimum absolute atomic E-state index is 0.0492. The summed E-state index contributed by atoms with van der Waals surface area (Å²) in [5.74, 6) is -0.911. The summed E-state index contributed by atoms with van der Waals surface area (Å²) in [7, 11) is 1.69. The molecule has 0 aliphatic rings. The first kappa shape index (κ1) is 24.5. The topological polar surface area (TPSA) is 140 Å². The summed E-state index contributed by atoms with van der Waals surface area (Å²) in [5.41, 5.74) is 7.41. The molecule has 2 aromatic carbocycles. The standard InChI is InChI=1S/C23H29N5O4/c1-3-27(2)23(32)17-5-4-6-19(15-17)28(13-14-29)21(31)12-11-20(30)26-18-9-7-16(8-10-18)22(24)25/h4-10,15,29H,3,11-14H2,1-2H3,(H3,24,25)(H,26,30). The van der Waals surface area contributed by atoms with Gasteiger partial charge < -0.3 is 26.0 Å². The third-order valence-electron chi connectivity index (χ3n) is 4.90. The minimum atomic E-state index is -0.341. The van der Waals surface area contributed by atoms with Crippen LogP contribution in [0.15, 0.2) is 48.5 Å². The highest BCUT2D eigenvalue weighted by Gasteiger charge is 2.19. The zero-order valence-corrected chi connectivity index (χ0v) is 18.3. The summed E-state index contributed by atoms with van der Waals surface area (Å²) in [4.78, 5) is 40.4. The van der Waals surface area contributed by atoms with Gasteiger partial charge in [0.25, 0.3) is 5.91 Å². The Balaban J connectivity index is 2.03. The molecule has 0 saturated carbocycles. The van der Waals surface area contributed by atoms with E-state index < -0.39 is 0 Å². The smallest absolute Gasteiger partial charge is 0.253 e. The van der Waals surface area contributed by atoms with Crippen LogP contribution in [0.4, 0.5) is 11.4 Å². The van der Waals surface area contributed by atoms with Crippen molar-refractivity contribution in [1.29, 1.82) is 5.41 Å². The van der Waals surface area contributed by atoms with E-state index in [1.165, 1.54) is 4.90 Å². The van der Waals surface area contributed by atoms with Gasteiger partial charge in [-0.05, 0) is 49.4 Å². The van der Waals surface area contributed by atoms with E-state index in [1.54, 1.807) is 60.5 Å². The molecule has 0 radical (unpaired) electrons. The van der Waals surface area contributed by atoms with Crippen molar-refractivity contribution in [3.05, 3.63) is 59.7 Å². The van der Waals surface area contributed by atoms with Crippen LogP contribution in [0.2, 0.25) is 0 Å². The van der Waals surface area contributed by atoms with Crippen LogP contribution in [0.1, 0.15) is 35.7 Å². The number of rotatable bonds is 10. The van der Waals surface area contributed by atoms with Crippen molar-refractivity contribution in [3.63, 3.8) is 0 Å². The zero-order chi connectivity index (χ0) is 23.7. The Labute approximate surface area is 187 Å². The molecule has 0 saturated heterocycles. The number of carbonyl (C=O) groups excluding carboxylic acids is 3. The molecule has 170 valence electrons. The van der Waals surface area contributed by atoms with Crippen molar-refractivity contribution in [2.75, 3.05) is 37.0 Å². The lowest BCUT2D eigenvalue weighted by Gasteiger charge is -2.23. The molecular weight excluding hydrogens is 410 g/mol. The van der Waals surface area contributed by atoms with E-state index in [4.69, 9.17) is 11.1 Å². The fourth-order valence-corrected chi connectivity index (χ4v) is 2.98. The van der Waals surface area contributed by atoms with Crippen LogP contribution in [0.5, 0.6) is 0 Å². The highest BCUT2D eigenvalue weighted by Crippen LogP contribution is 2.19. The highest BCUT2D eigenvalue weighted by molar-refractivity contribution is 6.00. The molecule has 2 rings (SSSR count). The first-order valence-corrected chi connectivity index (χ1v) is 10.3. The molecule has 9 nitrogen and oxygen atoms in total. The van der Waals surface area contributed by atoms with Crippen molar-refractivity contribution in [3.8, 4) is 0 Å². The second-order valence-corrected chi connectivity index (χ2v) is 7.18. The third-order valence-corrected chi connectivity index (χ3v) is 4.90. The quantitative estimate of drug-likeness (QED) is 0.330. The lowest BCUT2D eigenvalue weighted by molar-refractivity contribution is -0.122. The molecule has 3 amide bonds. The van der Waals surface area contributed by atoms with Crippen LogP contribution in [-0.4, -0.2) is 60.3 Å². The normalized spacial score (nSPS) is 10.3. The number of hydrogen-bond acceptors (Lipinski definition) is 5. The van der Waals surface area contributed by atoms with Gasteiger partial charge in [0.15, 0.2) is 0 Å². The Morgan fingerprint density at radius 3 is 2.34 bits per heavy atom. The van der Waals surface area contributed by atoms with Crippen LogP contribution in [0.25, 0.3) is 0 Å². The van der Waals surface area contributed by atoms with Gasteiger partial charge in [-0.2, -0.15) is 0 Å². The van der Waals surface area contributed by atoms with Gasteiger partial charge in [0.1, 0.15) is 5.84 Å². The average molecular weight is 440 g/mol. The molecule has 5 N–H and O–H groups in total. The van der Waals surface area contributed by atoms with Crippen molar-refractivity contribution in [2.24, 2.45) is 5.73 Å². The lowest BCUT2D eigenvalue weighted by atomic mass is 10.1. The molecular formula is C23H29N5O4. The molecule has 9 heteroatoms. The van der Waals surface area contributed by atoms with Crippen molar-refractivity contribution in [2.45, 2.75) is 19.8 Å². The van der Waals surface area contributed by atoms with E-state index in [0.717, 1.165) is 0 Å². The van der Waals surface area contributed by atoms with Gasteiger partial charge in [0.2, 0.25) is 11.8 Å². The summed E-state index contributed by atoms with van der Waals surface area (Å²) >= 11 is 0.